The zero-order valence-electron chi connectivity index (χ0n) is 13.0. The Morgan fingerprint density at radius 3 is 2.36 bits per heavy atom. The molecule has 0 unspecified atom stereocenters. The maximum Gasteiger partial charge on any atom is 0.264 e. The Bertz CT molecular complexity index is 805. The SMILES string of the molecule is COc1cc(C)c(S(=O)(=O)N2CCc3ccccc32)c(C)c1. The number of sulfonamides is 1. The highest BCUT2D eigenvalue weighted by atomic mass is 32.2. The summed E-state index contributed by atoms with van der Waals surface area (Å²) in [6.07, 6.45) is 0.754. The van der Waals surface area contributed by atoms with E-state index in [-0.39, 0.29) is 0 Å². The van der Waals surface area contributed by atoms with Gasteiger partial charge in [0.05, 0.1) is 17.7 Å². The fraction of sp³-hybridized carbons (Fsp3) is 0.294. The standard InChI is InChI=1S/C17H19NO3S/c1-12-10-15(21-3)11-13(2)17(12)22(19,20)18-9-8-14-6-4-5-7-16(14)18/h4-7,10-11H,8-9H2,1-3H3. The molecule has 3 rings (SSSR count). The number of anilines is 1. The van der Waals surface area contributed by atoms with Crippen molar-refractivity contribution < 1.29 is 13.2 Å². The van der Waals surface area contributed by atoms with Gasteiger partial charge in [0.1, 0.15) is 5.75 Å². The van der Waals surface area contributed by atoms with Crippen LogP contribution < -0.4 is 9.04 Å². The Balaban J connectivity index is 2.13. The molecule has 2 aromatic carbocycles. The molecule has 5 heteroatoms. The molecule has 0 fully saturated rings. The highest BCUT2D eigenvalue weighted by molar-refractivity contribution is 7.93. The molecular weight excluding hydrogens is 298 g/mol. The van der Waals surface area contributed by atoms with E-state index in [0.717, 1.165) is 17.7 Å². The van der Waals surface area contributed by atoms with Crippen molar-refractivity contribution in [3.63, 3.8) is 0 Å². The summed E-state index contributed by atoms with van der Waals surface area (Å²) in [4.78, 5) is 0.380. The highest BCUT2D eigenvalue weighted by Gasteiger charge is 2.32. The van der Waals surface area contributed by atoms with E-state index in [1.165, 1.54) is 4.31 Å². The second kappa shape index (κ2) is 5.32. The van der Waals surface area contributed by atoms with Crippen molar-refractivity contribution in [1.29, 1.82) is 0 Å². The Hall–Kier alpha value is -2.01. The molecule has 0 aromatic heterocycles. The Morgan fingerprint density at radius 2 is 1.73 bits per heavy atom. The van der Waals surface area contributed by atoms with Gasteiger partial charge in [-0.2, -0.15) is 0 Å². The van der Waals surface area contributed by atoms with Gasteiger partial charge in [0.25, 0.3) is 10.0 Å². The number of methoxy groups -OCH3 is 1. The zero-order chi connectivity index (χ0) is 15.9. The minimum Gasteiger partial charge on any atom is -0.497 e. The van der Waals surface area contributed by atoms with Gasteiger partial charge in [-0.15, -0.1) is 0 Å². The lowest BCUT2D eigenvalue weighted by molar-refractivity contribution is 0.413. The fourth-order valence-corrected chi connectivity index (χ4v) is 5.02. The predicted octanol–water partition coefficient (Wildman–Crippen LogP) is 3.06. The quantitative estimate of drug-likeness (QED) is 0.874. The average Bonchev–Trinajstić information content (AvgIpc) is 2.90. The Morgan fingerprint density at radius 1 is 1.09 bits per heavy atom. The van der Waals surface area contributed by atoms with Gasteiger partial charge in [-0.25, -0.2) is 8.42 Å². The molecule has 0 bridgehead atoms. The number of rotatable bonds is 3. The van der Waals surface area contributed by atoms with E-state index in [1.807, 2.05) is 38.1 Å². The maximum atomic E-state index is 13.1. The summed E-state index contributed by atoms with van der Waals surface area (Å²) in [6.45, 7) is 4.11. The number of fused-ring (bicyclic) bond motifs is 1. The third-order valence-corrected chi connectivity index (χ3v) is 6.18. The van der Waals surface area contributed by atoms with Crippen LogP contribution in [0.3, 0.4) is 0 Å². The number of aryl methyl sites for hydroxylation is 2. The summed E-state index contributed by atoms with van der Waals surface area (Å²) in [5.74, 6) is 0.677. The van der Waals surface area contributed by atoms with Crippen molar-refractivity contribution in [2.24, 2.45) is 0 Å². The highest BCUT2D eigenvalue weighted by Crippen LogP contribution is 2.35. The average molecular weight is 317 g/mol. The molecular formula is C17H19NO3S. The van der Waals surface area contributed by atoms with Crippen LogP contribution in [0.5, 0.6) is 5.75 Å². The zero-order valence-corrected chi connectivity index (χ0v) is 13.8. The number of nitrogens with zero attached hydrogens (tertiary/aromatic N) is 1. The summed E-state index contributed by atoms with van der Waals surface area (Å²) in [7, 11) is -1.98. The summed E-state index contributed by atoms with van der Waals surface area (Å²) in [5.41, 5.74) is 3.29. The van der Waals surface area contributed by atoms with Crippen LogP contribution >= 0.6 is 0 Å². The molecule has 1 aliphatic heterocycles. The second-order valence-electron chi connectivity index (χ2n) is 5.55. The first kappa shape index (κ1) is 14.9. The summed E-state index contributed by atoms with van der Waals surface area (Å²) in [5, 5.41) is 0. The van der Waals surface area contributed by atoms with Crippen molar-refractivity contribution in [3.8, 4) is 5.75 Å². The first-order chi connectivity index (χ1) is 10.4. The summed E-state index contributed by atoms with van der Waals surface area (Å²) in [6, 6.07) is 11.2. The number of ether oxygens (including phenoxy) is 1. The lowest BCUT2D eigenvalue weighted by Gasteiger charge is -2.22. The van der Waals surface area contributed by atoms with Crippen molar-refractivity contribution in [1.82, 2.24) is 0 Å². The summed E-state index contributed by atoms with van der Waals surface area (Å²) >= 11 is 0. The monoisotopic (exact) mass is 317 g/mol. The molecule has 0 spiro atoms. The molecule has 0 aliphatic carbocycles. The number of hydrogen-bond donors (Lipinski definition) is 0. The van der Waals surface area contributed by atoms with Crippen LogP contribution in [-0.2, 0) is 16.4 Å². The number of hydrogen-bond acceptors (Lipinski definition) is 3. The maximum absolute atomic E-state index is 13.1. The van der Waals surface area contributed by atoms with Gasteiger partial charge in [-0.05, 0) is 55.2 Å². The Kier molecular flexibility index (Phi) is 3.60. The number of para-hydroxylation sites is 1. The third-order valence-electron chi connectivity index (χ3n) is 4.06. The van der Waals surface area contributed by atoms with E-state index < -0.39 is 10.0 Å². The minimum atomic E-state index is -3.56. The van der Waals surface area contributed by atoms with Crippen LogP contribution in [-0.4, -0.2) is 22.1 Å². The van der Waals surface area contributed by atoms with Crippen molar-refractivity contribution in [2.45, 2.75) is 25.2 Å². The molecule has 0 radical (unpaired) electrons. The van der Waals surface area contributed by atoms with Gasteiger partial charge in [0.15, 0.2) is 0 Å². The van der Waals surface area contributed by atoms with E-state index >= 15 is 0 Å². The van der Waals surface area contributed by atoms with Gasteiger partial charge in [0, 0.05) is 6.54 Å². The molecule has 4 nitrogen and oxygen atoms in total. The topological polar surface area (TPSA) is 46.6 Å². The van der Waals surface area contributed by atoms with E-state index in [0.29, 0.717) is 28.3 Å². The lowest BCUT2D eigenvalue weighted by atomic mass is 10.1. The van der Waals surface area contributed by atoms with Gasteiger partial charge in [-0.3, -0.25) is 4.31 Å². The third kappa shape index (κ3) is 2.25. The molecule has 0 amide bonds. The van der Waals surface area contributed by atoms with Gasteiger partial charge < -0.3 is 4.74 Å². The van der Waals surface area contributed by atoms with E-state index in [1.54, 1.807) is 19.2 Å². The van der Waals surface area contributed by atoms with Crippen LogP contribution in [0.25, 0.3) is 0 Å². The van der Waals surface area contributed by atoms with E-state index in [4.69, 9.17) is 4.74 Å². The van der Waals surface area contributed by atoms with E-state index in [2.05, 4.69) is 0 Å². The van der Waals surface area contributed by atoms with Crippen LogP contribution in [0.1, 0.15) is 16.7 Å². The number of benzene rings is 2. The van der Waals surface area contributed by atoms with E-state index in [9.17, 15) is 8.42 Å². The first-order valence-corrected chi connectivity index (χ1v) is 8.65. The van der Waals surface area contributed by atoms with Crippen LogP contribution in [0.2, 0.25) is 0 Å². The van der Waals surface area contributed by atoms with Gasteiger partial charge >= 0.3 is 0 Å². The van der Waals surface area contributed by atoms with Crippen LogP contribution in [0.15, 0.2) is 41.3 Å². The molecule has 0 saturated heterocycles. The molecule has 1 heterocycles. The Labute approximate surface area is 131 Å². The molecule has 0 saturated carbocycles. The second-order valence-corrected chi connectivity index (χ2v) is 7.35. The van der Waals surface area contributed by atoms with Gasteiger partial charge in [0.2, 0.25) is 0 Å². The summed E-state index contributed by atoms with van der Waals surface area (Å²) < 4.78 is 33.0. The van der Waals surface area contributed by atoms with Crippen molar-refractivity contribution in [2.75, 3.05) is 18.0 Å². The van der Waals surface area contributed by atoms with Crippen molar-refractivity contribution >= 4 is 15.7 Å². The first-order valence-electron chi connectivity index (χ1n) is 7.21. The molecule has 1 aliphatic rings. The van der Waals surface area contributed by atoms with Crippen molar-refractivity contribution in [3.05, 3.63) is 53.1 Å². The van der Waals surface area contributed by atoms with Gasteiger partial charge in [-0.1, -0.05) is 18.2 Å². The lowest BCUT2D eigenvalue weighted by Crippen LogP contribution is -2.30. The molecule has 0 atom stereocenters. The molecule has 2 aromatic rings. The fourth-order valence-electron chi connectivity index (χ4n) is 3.10. The molecule has 22 heavy (non-hydrogen) atoms. The predicted molar refractivity (Wildman–Crippen MR) is 87.1 cm³/mol. The minimum absolute atomic E-state index is 0.380. The smallest absolute Gasteiger partial charge is 0.264 e. The molecule has 0 N–H and O–H groups in total. The largest absolute Gasteiger partial charge is 0.497 e. The molecule has 116 valence electrons. The van der Waals surface area contributed by atoms with Crippen LogP contribution in [0.4, 0.5) is 5.69 Å². The van der Waals surface area contributed by atoms with Crippen LogP contribution in [0, 0.1) is 13.8 Å². The normalized spacial score (nSPS) is 14.0.